The first-order valence-electron chi connectivity index (χ1n) is 11.9. The van der Waals surface area contributed by atoms with Crippen LogP contribution in [0.2, 0.25) is 0 Å². The van der Waals surface area contributed by atoms with Crippen molar-refractivity contribution in [1.82, 2.24) is 15.5 Å². The molecule has 2 saturated heterocycles. The molecule has 2 heterocycles. The lowest BCUT2D eigenvalue weighted by Gasteiger charge is -2.35. The Kier molecular flexibility index (Phi) is 12.3. The van der Waals surface area contributed by atoms with Gasteiger partial charge in [-0.3, -0.25) is 4.99 Å². The number of rotatable bonds is 7. The molecule has 0 saturated carbocycles. The van der Waals surface area contributed by atoms with Gasteiger partial charge in [-0.05, 0) is 63.6 Å². The molecule has 8 nitrogen and oxygen atoms in total. The van der Waals surface area contributed by atoms with Crippen molar-refractivity contribution in [3.8, 4) is 0 Å². The maximum Gasteiger partial charge on any atom is 0.319 e. The van der Waals surface area contributed by atoms with Crippen molar-refractivity contribution in [3.63, 3.8) is 0 Å². The van der Waals surface area contributed by atoms with Gasteiger partial charge in [0, 0.05) is 45.0 Å². The number of urea groups is 1. The maximum atomic E-state index is 11.8. The number of benzene rings is 1. The van der Waals surface area contributed by atoms with E-state index in [4.69, 9.17) is 9.47 Å². The molecule has 0 aromatic heterocycles. The summed E-state index contributed by atoms with van der Waals surface area (Å²) in [5.74, 6) is 0.914. The average Bonchev–Trinajstić information content (AvgIpc) is 2.80. The molecule has 2 aliphatic rings. The van der Waals surface area contributed by atoms with E-state index in [2.05, 4.69) is 25.8 Å². The molecule has 3 rings (SSSR count). The quantitative estimate of drug-likeness (QED) is 0.261. The van der Waals surface area contributed by atoms with E-state index in [0.717, 1.165) is 62.8 Å². The molecule has 0 aliphatic carbocycles. The van der Waals surface area contributed by atoms with E-state index >= 15 is 0 Å². The Hall–Kier alpha value is -1.59. The second-order valence-corrected chi connectivity index (χ2v) is 8.86. The fraction of sp³-hybridized carbons (Fsp3) is 0.667. The van der Waals surface area contributed by atoms with Crippen LogP contribution in [0.1, 0.15) is 51.5 Å². The summed E-state index contributed by atoms with van der Waals surface area (Å²) in [5, 5.41) is 9.12. The summed E-state index contributed by atoms with van der Waals surface area (Å²) in [4.78, 5) is 18.6. The molecule has 1 aromatic carbocycles. The van der Waals surface area contributed by atoms with Crippen LogP contribution in [0.5, 0.6) is 0 Å². The highest BCUT2D eigenvalue weighted by Gasteiger charge is 2.23. The van der Waals surface area contributed by atoms with Crippen molar-refractivity contribution in [2.24, 2.45) is 4.99 Å². The lowest BCUT2D eigenvalue weighted by molar-refractivity contribution is -0.0721. The van der Waals surface area contributed by atoms with E-state index in [0.29, 0.717) is 12.6 Å². The van der Waals surface area contributed by atoms with Crippen molar-refractivity contribution in [1.29, 1.82) is 0 Å². The largest absolute Gasteiger partial charge is 0.376 e. The van der Waals surface area contributed by atoms with E-state index in [-0.39, 0.29) is 42.2 Å². The van der Waals surface area contributed by atoms with Crippen LogP contribution in [0.15, 0.2) is 29.3 Å². The third kappa shape index (κ3) is 9.66. The van der Waals surface area contributed by atoms with Gasteiger partial charge in [-0.2, -0.15) is 0 Å². The summed E-state index contributed by atoms with van der Waals surface area (Å²) in [5.41, 5.74) is 1.91. The highest BCUT2D eigenvalue weighted by molar-refractivity contribution is 14.0. The zero-order valence-electron chi connectivity index (χ0n) is 20.1. The minimum atomic E-state index is -0.190. The number of nitrogens with zero attached hydrogens (tertiary/aromatic N) is 2. The number of anilines is 1. The number of amides is 2. The number of hydrogen-bond donors (Lipinski definition) is 3. The minimum Gasteiger partial charge on any atom is -0.376 e. The monoisotopic (exact) mass is 573 g/mol. The summed E-state index contributed by atoms with van der Waals surface area (Å²) in [6, 6.07) is 7.77. The minimum absolute atomic E-state index is 0. The number of aliphatic imine (C=N–C) groups is 1. The van der Waals surface area contributed by atoms with E-state index < -0.39 is 0 Å². The van der Waals surface area contributed by atoms with Crippen molar-refractivity contribution in [3.05, 3.63) is 29.8 Å². The number of halogens is 1. The third-order valence-electron chi connectivity index (χ3n) is 5.83. The predicted molar refractivity (Wildman–Crippen MR) is 143 cm³/mol. The first kappa shape index (κ1) is 27.7. The molecule has 1 unspecified atom stereocenters. The van der Waals surface area contributed by atoms with Crippen LogP contribution >= 0.6 is 24.0 Å². The van der Waals surface area contributed by atoms with Gasteiger partial charge in [0.05, 0.1) is 18.8 Å². The number of carbonyl (C=O) groups is 1. The van der Waals surface area contributed by atoms with Gasteiger partial charge >= 0.3 is 6.03 Å². The molecule has 1 atom stereocenters. The van der Waals surface area contributed by atoms with Gasteiger partial charge in [0.15, 0.2) is 5.96 Å². The number of carbonyl (C=O) groups excluding carboxylic acids is 1. The first-order chi connectivity index (χ1) is 15.5. The molecule has 0 spiro atoms. The van der Waals surface area contributed by atoms with Crippen molar-refractivity contribution < 1.29 is 14.3 Å². The van der Waals surface area contributed by atoms with Crippen LogP contribution in [-0.4, -0.2) is 68.5 Å². The van der Waals surface area contributed by atoms with E-state index in [9.17, 15) is 4.79 Å². The number of guanidine groups is 1. The van der Waals surface area contributed by atoms with Gasteiger partial charge in [0.2, 0.25) is 0 Å². The van der Waals surface area contributed by atoms with Gasteiger partial charge < -0.3 is 30.3 Å². The molecule has 9 heteroatoms. The molecule has 0 bridgehead atoms. The molecule has 0 radical (unpaired) electrons. The summed E-state index contributed by atoms with van der Waals surface area (Å²) in [6.45, 7) is 8.02. The Balaban J connectivity index is 0.00000385. The maximum absolute atomic E-state index is 11.8. The Morgan fingerprint density at radius 1 is 1.18 bits per heavy atom. The van der Waals surface area contributed by atoms with E-state index in [1.807, 2.05) is 45.2 Å². The SMILES string of the molecule is CN=C(NCc1ccc(NC(=O)NC(C)C)cc1)N1CCC(OCC2CCCCO2)CC1.I. The smallest absolute Gasteiger partial charge is 0.319 e. The number of nitrogens with one attached hydrogen (secondary N) is 3. The highest BCUT2D eigenvalue weighted by Crippen LogP contribution is 2.18. The van der Waals surface area contributed by atoms with Crippen molar-refractivity contribution in [2.75, 3.05) is 38.7 Å². The molecule has 2 fully saturated rings. The van der Waals surface area contributed by atoms with Crippen LogP contribution < -0.4 is 16.0 Å². The third-order valence-corrected chi connectivity index (χ3v) is 5.83. The lowest BCUT2D eigenvalue weighted by atomic mass is 10.1. The topological polar surface area (TPSA) is 87.2 Å². The molecular weight excluding hydrogens is 533 g/mol. The van der Waals surface area contributed by atoms with E-state index in [1.165, 1.54) is 12.8 Å². The normalized spacial score (nSPS) is 19.7. The fourth-order valence-electron chi connectivity index (χ4n) is 4.07. The van der Waals surface area contributed by atoms with Gasteiger partial charge in [-0.1, -0.05) is 12.1 Å². The average molecular weight is 574 g/mol. The second kappa shape index (κ2) is 14.6. The number of likely N-dealkylation sites (tertiary alicyclic amines) is 1. The molecule has 1 aromatic rings. The van der Waals surface area contributed by atoms with Crippen LogP contribution in [0.25, 0.3) is 0 Å². The summed E-state index contributed by atoms with van der Waals surface area (Å²) in [6.07, 6.45) is 6.15. The molecule has 3 N–H and O–H groups in total. The van der Waals surface area contributed by atoms with Gasteiger partial charge in [0.25, 0.3) is 0 Å². The Labute approximate surface area is 215 Å². The molecule has 2 aliphatic heterocycles. The molecule has 33 heavy (non-hydrogen) atoms. The zero-order valence-corrected chi connectivity index (χ0v) is 22.5. The first-order valence-corrected chi connectivity index (χ1v) is 11.9. The molecule has 186 valence electrons. The summed E-state index contributed by atoms with van der Waals surface area (Å²) < 4.78 is 11.9. The van der Waals surface area contributed by atoms with Crippen LogP contribution in [0.3, 0.4) is 0 Å². The van der Waals surface area contributed by atoms with Gasteiger partial charge in [0.1, 0.15) is 0 Å². The Morgan fingerprint density at radius 2 is 1.91 bits per heavy atom. The Morgan fingerprint density at radius 3 is 2.52 bits per heavy atom. The molecular formula is C24H40IN5O3. The van der Waals surface area contributed by atoms with Crippen LogP contribution in [0, 0.1) is 0 Å². The van der Waals surface area contributed by atoms with Gasteiger partial charge in [-0.15, -0.1) is 24.0 Å². The van der Waals surface area contributed by atoms with E-state index in [1.54, 1.807) is 0 Å². The predicted octanol–water partition coefficient (Wildman–Crippen LogP) is 3.96. The summed E-state index contributed by atoms with van der Waals surface area (Å²) >= 11 is 0. The van der Waals surface area contributed by atoms with Gasteiger partial charge in [-0.25, -0.2) is 4.79 Å². The summed E-state index contributed by atoms with van der Waals surface area (Å²) in [7, 11) is 1.83. The standard InChI is InChI=1S/C24H39N5O3.HI/c1-18(2)27-24(30)28-20-9-7-19(8-10-20)16-26-23(25-3)29-13-11-21(12-14-29)32-17-22-6-4-5-15-31-22;/h7-10,18,21-22H,4-6,11-17H2,1-3H3,(H,25,26)(H2,27,28,30);1H. The highest BCUT2D eigenvalue weighted by atomic mass is 127. The molecule has 2 amide bonds. The van der Waals surface area contributed by atoms with Crippen molar-refractivity contribution in [2.45, 2.75) is 70.7 Å². The number of hydrogen-bond acceptors (Lipinski definition) is 4. The second-order valence-electron chi connectivity index (χ2n) is 8.86. The van der Waals surface area contributed by atoms with Crippen LogP contribution in [-0.2, 0) is 16.0 Å². The lowest BCUT2D eigenvalue weighted by Crippen LogP contribution is -2.47. The fourth-order valence-corrected chi connectivity index (χ4v) is 4.07. The number of ether oxygens (including phenoxy) is 2. The van der Waals surface area contributed by atoms with Crippen LogP contribution in [0.4, 0.5) is 10.5 Å². The van der Waals surface area contributed by atoms with Crippen molar-refractivity contribution >= 4 is 41.7 Å². The zero-order chi connectivity index (χ0) is 22.8. The Bertz CT molecular complexity index is 730. The number of piperidine rings is 1.